The lowest BCUT2D eigenvalue weighted by molar-refractivity contribution is -0.161. The van der Waals surface area contributed by atoms with E-state index in [1.165, 1.54) is 141 Å². The summed E-state index contributed by atoms with van der Waals surface area (Å²) >= 11 is 0. The number of carbonyl (C=O) groups excluding carboxylic acids is 4. The molecular formula is C68H132O17P2. The van der Waals surface area contributed by atoms with Crippen molar-refractivity contribution in [2.45, 2.75) is 356 Å². The number of hydrogen-bond acceptors (Lipinski definition) is 15. The Bertz CT molecular complexity index is 1720. The molecule has 0 aromatic heterocycles. The van der Waals surface area contributed by atoms with E-state index in [4.69, 9.17) is 37.0 Å². The third-order valence-electron chi connectivity index (χ3n) is 16.4. The number of hydrogen-bond donors (Lipinski definition) is 3. The lowest BCUT2D eigenvalue weighted by atomic mass is 9.99. The van der Waals surface area contributed by atoms with Crippen molar-refractivity contribution < 1.29 is 80.2 Å². The van der Waals surface area contributed by atoms with Gasteiger partial charge in [-0.2, -0.15) is 0 Å². The van der Waals surface area contributed by atoms with E-state index >= 15 is 0 Å². The number of aliphatic hydroxyl groups excluding tert-OH is 1. The summed E-state index contributed by atoms with van der Waals surface area (Å²) in [7, 11) is -9.89. The highest BCUT2D eigenvalue weighted by molar-refractivity contribution is 7.47. The molecule has 0 bridgehead atoms. The van der Waals surface area contributed by atoms with E-state index in [2.05, 4.69) is 48.5 Å². The molecule has 0 spiro atoms. The summed E-state index contributed by atoms with van der Waals surface area (Å²) in [4.78, 5) is 72.2. The molecule has 17 nitrogen and oxygen atoms in total. The molecule has 7 atom stereocenters. The average molecular weight is 1280 g/mol. The molecule has 0 fully saturated rings. The standard InChI is InChI=1S/C68H132O17P2/c1-8-11-12-32-42-49-65(70)78-55-63(85-68(73)52-45-38-31-30-35-41-48-61(7)10-3)57-82-86(74,75)80-53-62(69)54-81-87(76,77)83-58-64(56-79-66(71)50-43-36-28-24-21-20-23-27-34-40-47-60(6)9-2)84-67(72)51-44-37-29-25-19-17-15-13-14-16-18-22-26-33-39-46-59(4)5/h59-64,69H,8-58H2,1-7H3,(H,74,75)(H,76,77)/t60?,61?,62-,63+,64+/m0/s1. The Labute approximate surface area is 530 Å². The van der Waals surface area contributed by atoms with Crippen LogP contribution in [0.5, 0.6) is 0 Å². The number of unbranched alkanes of at least 4 members (excludes halogenated alkanes) is 32. The molecule has 516 valence electrons. The number of rotatable bonds is 66. The lowest BCUT2D eigenvalue weighted by Gasteiger charge is -2.21. The number of phosphoric acid groups is 2. The van der Waals surface area contributed by atoms with Gasteiger partial charge in [-0.3, -0.25) is 37.3 Å². The molecule has 0 aliphatic carbocycles. The van der Waals surface area contributed by atoms with E-state index < -0.39 is 97.5 Å². The Morgan fingerprint density at radius 2 is 0.586 bits per heavy atom. The van der Waals surface area contributed by atoms with Gasteiger partial charge in [0.2, 0.25) is 0 Å². The van der Waals surface area contributed by atoms with Crippen LogP contribution in [0.4, 0.5) is 0 Å². The second-order valence-corrected chi connectivity index (χ2v) is 28.4. The Hall–Kier alpha value is -1.94. The van der Waals surface area contributed by atoms with Gasteiger partial charge in [-0.1, -0.05) is 286 Å². The van der Waals surface area contributed by atoms with Crippen molar-refractivity contribution >= 4 is 39.5 Å². The summed E-state index contributed by atoms with van der Waals surface area (Å²) < 4.78 is 68.0. The Balaban J connectivity index is 5.17. The predicted octanol–water partition coefficient (Wildman–Crippen LogP) is 19.1. The fraction of sp³-hybridized carbons (Fsp3) is 0.941. The zero-order valence-electron chi connectivity index (χ0n) is 56.5. The molecule has 3 N–H and O–H groups in total. The molecule has 0 aromatic rings. The highest BCUT2D eigenvalue weighted by Crippen LogP contribution is 2.45. The predicted molar refractivity (Wildman–Crippen MR) is 349 cm³/mol. The molecule has 19 heteroatoms. The second-order valence-electron chi connectivity index (χ2n) is 25.5. The summed E-state index contributed by atoms with van der Waals surface area (Å²) in [5, 5.41) is 10.5. The maximum atomic E-state index is 13.0. The van der Waals surface area contributed by atoms with Gasteiger partial charge in [0.15, 0.2) is 12.2 Å². The number of carbonyl (C=O) groups is 4. The van der Waals surface area contributed by atoms with E-state index in [1.807, 2.05) is 0 Å². The van der Waals surface area contributed by atoms with Crippen molar-refractivity contribution in [3.63, 3.8) is 0 Å². The van der Waals surface area contributed by atoms with Crippen LogP contribution in [0.2, 0.25) is 0 Å². The van der Waals surface area contributed by atoms with Crippen LogP contribution < -0.4 is 0 Å². The van der Waals surface area contributed by atoms with Gasteiger partial charge in [0.25, 0.3) is 0 Å². The van der Waals surface area contributed by atoms with Gasteiger partial charge in [-0.25, -0.2) is 9.13 Å². The van der Waals surface area contributed by atoms with E-state index in [0.29, 0.717) is 25.7 Å². The lowest BCUT2D eigenvalue weighted by Crippen LogP contribution is -2.30. The molecular weight excluding hydrogens is 1150 g/mol. The summed E-state index contributed by atoms with van der Waals surface area (Å²) in [6.07, 6.45) is 42.1. The molecule has 0 saturated carbocycles. The number of phosphoric ester groups is 2. The van der Waals surface area contributed by atoms with Gasteiger partial charge >= 0.3 is 39.5 Å². The molecule has 0 aromatic carbocycles. The smallest absolute Gasteiger partial charge is 0.462 e. The summed E-state index contributed by atoms with van der Waals surface area (Å²) in [5.41, 5.74) is 0. The third-order valence-corrected chi connectivity index (χ3v) is 18.3. The monoisotopic (exact) mass is 1280 g/mol. The first-order valence-corrected chi connectivity index (χ1v) is 38.4. The minimum Gasteiger partial charge on any atom is -0.462 e. The van der Waals surface area contributed by atoms with Crippen LogP contribution >= 0.6 is 15.6 Å². The maximum Gasteiger partial charge on any atom is 0.472 e. The van der Waals surface area contributed by atoms with Crippen LogP contribution in [0.25, 0.3) is 0 Å². The van der Waals surface area contributed by atoms with Gasteiger partial charge in [-0.05, 0) is 43.4 Å². The van der Waals surface area contributed by atoms with Crippen molar-refractivity contribution in [1.82, 2.24) is 0 Å². The topological polar surface area (TPSA) is 237 Å². The minimum atomic E-state index is -4.95. The van der Waals surface area contributed by atoms with Crippen LogP contribution in [0, 0.1) is 17.8 Å². The highest BCUT2D eigenvalue weighted by atomic mass is 31.2. The molecule has 0 aliphatic rings. The molecule has 0 radical (unpaired) electrons. The van der Waals surface area contributed by atoms with E-state index in [1.54, 1.807) is 0 Å². The van der Waals surface area contributed by atoms with Crippen LogP contribution in [0.3, 0.4) is 0 Å². The highest BCUT2D eigenvalue weighted by Gasteiger charge is 2.30. The average Bonchev–Trinajstić information content (AvgIpc) is 3.70. The van der Waals surface area contributed by atoms with Crippen LogP contribution in [-0.4, -0.2) is 96.7 Å². The quantitative estimate of drug-likeness (QED) is 0.0222. The Morgan fingerprint density at radius 1 is 0.333 bits per heavy atom. The van der Waals surface area contributed by atoms with Gasteiger partial charge < -0.3 is 33.8 Å². The van der Waals surface area contributed by atoms with Gasteiger partial charge in [0, 0.05) is 25.7 Å². The minimum absolute atomic E-state index is 0.102. The zero-order valence-corrected chi connectivity index (χ0v) is 58.3. The number of aliphatic hydroxyl groups is 1. The largest absolute Gasteiger partial charge is 0.472 e. The molecule has 0 heterocycles. The molecule has 0 rings (SSSR count). The van der Waals surface area contributed by atoms with Crippen molar-refractivity contribution in [1.29, 1.82) is 0 Å². The summed E-state index contributed by atoms with van der Waals surface area (Å²) in [6, 6.07) is 0. The fourth-order valence-electron chi connectivity index (χ4n) is 10.1. The van der Waals surface area contributed by atoms with E-state index in [9.17, 15) is 43.2 Å². The zero-order chi connectivity index (χ0) is 64.5. The Kier molecular flexibility index (Phi) is 57.8. The van der Waals surface area contributed by atoms with Gasteiger partial charge in [-0.15, -0.1) is 0 Å². The molecule has 87 heavy (non-hydrogen) atoms. The van der Waals surface area contributed by atoms with E-state index in [-0.39, 0.29) is 25.7 Å². The van der Waals surface area contributed by atoms with Crippen LogP contribution in [0.15, 0.2) is 0 Å². The van der Waals surface area contributed by atoms with Crippen molar-refractivity contribution in [3.8, 4) is 0 Å². The molecule has 0 saturated heterocycles. The summed E-state index contributed by atoms with van der Waals surface area (Å²) in [5.74, 6) is 0.190. The van der Waals surface area contributed by atoms with Gasteiger partial charge in [0.1, 0.15) is 19.3 Å². The van der Waals surface area contributed by atoms with Crippen molar-refractivity contribution in [3.05, 3.63) is 0 Å². The normalized spacial score (nSPS) is 14.9. The maximum absolute atomic E-state index is 13.0. The summed E-state index contributed by atoms with van der Waals surface area (Å²) in [6.45, 7) is 11.7. The van der Waals surface area contributed by atoms with Gasteiger partial charge in [0.05, 0.1) is 26.4 Å². The first kappa shape index (κ1) is 85.1. The van der Waals surface area contributed by atoms with Crippen molar-refractivity contribution in [2.24, 2.45) is 17.8 Å². The molecule has 4 unspecified atom stereocenters. The fourth-order valence-corrected chi connectivity index (χ4v) is 11.7. The number of esters is 4. The first-order valence-electron chi connectivity index (χ1n) is 35.4. The third kappa shape index (κ3) is 60.1. The van der Waals surface area contributed by atoms with Crippen molar-refractivity contribution in [2.75, 3.05) is 39.6 Å². The SMILES string of the molecule is CCCCCCCC(=O)OC[C@H](COP(=O)(O)OC[C@H](O)COP(=O)(O)OC[C@@H](COC(=O)CCCCCCCCCCCCC(C)CC)OC(=O)CCCCCCCCCCCCCCCCCC(C)C)OC(=O)CCCCCCCCC(C)CC. The molecule has 0 aliphatic heterocycles. The van der Waals surface area contributed by atoms with Crippen LogP contribution in [-0.2, 0) is 65.4 Å². The van der Waals surface area contributed by atoms with Crippen LogP contribution in [0.1, 0.15) is 337 Å². The van der Waals surface area contributed by atoms with E-state index in [0.717, 1.165) is 114 Å². The second kappa shape index (κ2) is 59.1. The number of ether oxygens (including phenoxy) is 4. The first-order chi connectivity index (χ1) is 41.8. The Morgan fingerprint density at radius 3 is 0.874 bits per heavy atom. The molecule has 0 amide bonds.